The van der Waals surface area contributed by atoms with E-state index in [4.69, 9.17) is 10.3 Å². The van der Waals surface area contributed by atoms with Gasteiger partial charge in [-0.25, -0.2) is 9.97 Å². The number of aromatic nitrogens is 4. The summed E-state index contributed by atoms with van der Waals surface area (Å²) in [6, 6.07) is 0. The lowest BCUT2D eigenvalue weighted by Gasteiger charge is -2.14. The van der Waals surface area contributed by atoms with Crippen LogP contribution < -0.4 is 5.73 Å². The first-order valence-electron chi connectivity index (χ1n) is 6.90. The van der Waals surface area contributed by atoms with E-state index >= 15 is 0 Å². The van der Waals surface area contributed by atoms with Crippen molar-refractivity contribution in [2.24, 2.45) is 17.6 Å². The van der Waals surface area contributed by atoms with Crippen LogP contribution in [0.3, 0.4) is 0 Å². The molecule has 6 nitrogen and oxygen atoms in total. The average molecular weight is 275 g/mol. The summed E-state index contributed by atoms with van der Waals surface area (Å²) >= 11 is 0. The van der Waals surface area contributed by atoms with Crippen molar-refractivity contribution in [3.63, 3.8) is 0 Å². The van der Waals surface area contributed by atoms with Gasteiger partial charge in [0.2, 0.25) is 17.5 Å². The summed E-state index contributed by atoms with van der Waals surface area (Å²) in [6.07, 6.45) is 5.22. The fourth-order valence-electron chi connectivity index (χ4n) is 2.11. The third-order valence-electron chi connectivity index (χ3n) is 3.05. The predicted octanol–water partition coefficient (Wildman–Crippen LogP) is 2.00. The van der Waals surface area contributed by atoms with Crippen molar-refractivity contribution in [3.8, 4) is 11.6 Å². The maximum atomic E-state index is 5.79. The van der Waals surface area contributed by atoms with Gasteiger partial charge < -0.3 is 10.3 Å². The van der Waals surface area contributed by atoms with E-state index in [0.717, 1.165) is 12.0 Å². The number of hydrogen-bond donors (Lipinski definition) is 1. The Bertz CT molecular complexity index is 535. The van der Waals surface area contributed by atoms with Gasteiger partial charge in [-0.2, -0.15) is 4.98 Å². The van der Waals surface area contributed by atoms with Crippen molar-refractivity contribution in [1.82, 2.24) is 20.1 Å². The van der Waals surface area contributed by atoms with Crippen molar-refractivity contribution in [1.29, 1.82) is 0 Å². The van der Waals surface area contributed by atoms with Crippen LogP contribution in [0, 0.1) is 18.8 Å². The van der Waals surface area contributed by atoms with Gasteiger partial charge in [0.25, 0.3) is 0 Å². The van der Waals surface area contributed by atoms with E-state index < -0.39 is 0 Å². The molecule has 0 spiro atoms. The zero-order valence-corrected chi connectivity index (χ0v) is 12.2. The lowest BCUT2D eigenvalue weighted by atomic mass is 9.94. The summed E-state index contributed by atoms with van der Waals surface area (Å²) in [5.41, 5.74) is 6.79. The normalized spacial score (nSPS) is 12.8. The van der Waals surface area contributed by atoms with Crippen LogP contribution in [-0.2, 0) is 6.42 Å². The molecule has 0 saturated carbocycles. The van der Waals surface area contributed by atoms with Crippen LogP contribution in [0.1, 0.15) is 31.7 Å². The van der Waals surface area contributed by atoms with Crippen molar-refractivity contribution in [3.05, 3.63) is 23.8 Å². The molecule has 2 N–H and O–H groups in total. The summed E-state index contributed by atoms with van der Waals surface area (Å²) in [7, 11) is 0. The van der Waals surface area contributed by atoms with Crippen molar-refractivity contribution >= 4 is 0 Å². The van der Waals surface area contributed by atoms with Crippen LogP contribution in [0.4, 0.5) is 0 Å². The first-order chi connectivity index (χ1) is 9.58. The molecule has 6 heteroatoms. The first-order valence-corrected chi connectivity index (χ1v) is 6.90. The summed E-state index contributed by atoms with van der Waals surface area (Å²) in [5.74, 6) is 2.48. The summed E-state index contributed by atoms with van der Waals surface area (Å²) in [5, 5.41) is 3.93. The fraction of sp³-hybridized carbons (Fsp3) is 0.571. The second-order valence-electron chi connectivity index (χ2n) is 5.53. The van der Waals surface area contributed by atoms with E-state index in [2.05, 4.69) is 34.0 Å². The number of nitrogens with two attached hydrogens (primary N) is 1. The van der Waals surface area contributed by atoms with Gasteiger partial charge in [0.05, 0.1) is 0 Å². The minimum Gasteiger partial charge on any atom is -0.339 e. The Hall–Kier alpha value is -1.82. The van der Waals surface area contributed by atoms with Gasteiger partial charge in [0.1, 0.15) is 0 Å². The molecule has 0 fully saturated rings. The Morgan fingerprint density at radius 1 is 1.20 bits per heavy atom. The lowest BCUT2D eigenvalue weighted by molar-refractivity contribution is 0.331. The third kappa shape index (κ3) is 3.84. The molecule has 0 aliphatic heterocycles. The van der Waals surface area contributed by atoms with E-state index in [1.165, 1.54) is 0 Å². The molecule has 0 aliphatic carbocycles. The zero-order valence-electron chi connectivity index (χ0n) is 12.2. The monoisotopic (exact) mass is 275 g/mol. The molecular weight excluding hydrogens is 254 g/mol. The lowest BCUT2D eigenvalue weighted by Crippen LogP contribution is -2.19. The molecule has 2 aromatic heterocycles. The van der Waals surface area contributed by atoms with Gasteiger partial charge in [-0.1, -0.05) is 19.0 Å². The highest BCUT2D eigenvalue weighted by Gasteiger charge is 2.16. The molecule has 0 amide bonds. The largest absolute Gasteiger partial charge is 0.339 e. The van der Waals surface area contributed by atoms with Gasteiger partial charge >= 0.3 is 0 Å². The van der Waals surface area contributed by atoms with Gasteiger partial charge in [-0.15, -0.1) is 0 Å². The molecule has 2 heterocycles. The Morgan fingerprint density at radius 3 is 2.50 bits per heavy atom. The van der Waals surface area contributed by atoms with E-state index in [1.54, 1.807) is 12.4 Å². The van der Waals surface area contributed by atoms with E-state index in [1.807, 2.05) is 6.92 Å². The average Bonchev–Trinajstić information content (AvgIpc) is 2.87. The van der Waals surface area contributed by atoms with Gasteiger partial charge in [-0.3, -0.25) is 0 Å². The molecule has 2 aromatic rings. The predicted molar refractivity (Wildman–Crippen MR) is 75.8 cm³/mol. The molecule has 0 aliphatic rings. The minimum atomic E-state index is 0.363. The molecule has 108 valence electrons. The summed E-state index contributed by atoms with van der Waals surface area (Å²) in [4.78, 5) is 12.7. The van der Waals surface area contributed by atoms with E-state index in [-0.39, 0.29) is 0 Å². The minimum absolute atomic E-state index is 0.363. The standard InChI is InChI=1S/C14H21N5O/c1-9(2)4-11(6-15)5-12-18-14(19-20-12)13-16-7-10(3)8-17-13/h7-9,11H,4-6,15H2,1-3H3/t11-/m0/s1. The van der Waals surface area contributed by atoms with Crippen LogP contribution in [0.15, 0.2) is 16.9 Å². The SMILES string of the molecule is Cc1cnc(-c2noc(C[C@@H](CN)CC(C)C)n2)nc1. The first kappa shape index (κ1) is 14.6. The topological polar surface area (TPSA) is 90.7 Å². The highest BCUT2D eigenvalue weighted by atomic mass is 16.5. The van der Waals surface area contributed by atoms with Crippen LogP contribution in [0.2, 0.25) is 0 Å². The smallest absolute Gasteiger partial charge is 0.240 e. The Balaban J connectivity index is 2.06. The van der Waals surface area contributed by atoms with Crippen LogP contribution in [0.25, 0.3) is 11.6 Å². The Kier molecular flexibility index (Phi) is 4.79. The number of nitrogens with zero attached hydrogens (tertiary/aromatic N) is 4. The quantitative estimate of drug-likeness (QED) is 0.867. The Labute approximate surface area is 118 Å². The summed E-state index contributed by atoms with van der Waals surface area (Å²) < 4.78 is 5.27. The van der Waals surface area contributed by atoms with Crippen molar-refractivity contribution in [2.45, 2.75) is 33.6 Å². The molecule has 0 aromatic carbocycles. The van der Waals surface area contributed by atoms with Crippen molar-refractivity contribution < 1.29 is 4.52 Å². The second-order valence-corrected chi connectivity index (χ2v) is 5.53. The van der Waals surface area contributed by atoms with Gasteiger partial charge in [0.15, 0.2) is 0 Å². The maximum absolute atomic E-state index is 5.79. The molecule has 20 heavy (non-hydrogen) atoms. The highest BCUT2D eigenvalue weighted by Crippen LogP contribution is 2.17. The third-order valence-corrected chi connectivity index (χ3v) is 3.05. The number of hydrogen-bond acceptors (Lipinski definition) is 6. The zero-order chi connectivity index (χ0) is 14.5. The van der Waals surface area contributed by atoms with Crippen LogP contribution in [0.5, 0.6) is 0 Å². The number of rotatable bonds is 6. The van der Waals surface area contributed by atoms with Gasteiger partial charge in [-0.05, 0) is 37.3 Å². The summed E-state index contributed by atoms with van der Waals surface area (Å²) in [6.45, 7) is 6.92. The van der Waals surface area contributed by atoms with E-state index in [0.29, 0.717) is 42.3 Å². The van der Waals surface area contributed by atoms with Crippen molar-refractivity contribution in [2.75, 3.05) is 6.54 Å². The second kappa shape index (κ2) is 6.56. The molecule has 0 saturated heterocycles. The van der Waals surface area contributed by atoms with Crippen LogP contribution in [-0.4, -0.2) is 26.7 Å². The van der Waals surface area contributed by atoms with E-state index in [9.17, 15) is 0 Å². The Morgan fingerprint density at radius 2 is 1.90 bits per heavy atom. The molecule has 0 radical (unpaired) electrons. The van der Waals surface area contributed by atoms with Crippen LogP contribution >= 0.6 is 0 Å². The molecule has 0 unspecified atom stereocenters. The molecule has 0 bridgehead atoms. The van der Waals surface area contributed by atoms with Gasteiger partial charge in [0, 0.05) is 18.8 Å². The molecule has 2 rings (SSSR count). The number of aryl methyl sites for hydroxylation is 1. The highest BCUT2D eigenvalue weighted by molar-refractivity contribution is 5.40. The fourth-order valence-corrected chi connectivity index (χ4v) is 2.11. The maximum Gasteiger partial charge on any atom is 0.240 e. The molecular formula is C14H21N5O. The molecule has 1 atom stereocenters.